The zero-order valence-corrected chi connectivity index (χ0v) is 20.7. The number of carbonyl (C=O) groups excluding carboxylic acids is 1. The van der Waals surface area contributed by atoms with Gasteiger partial charge in [-0.25, -0.2) is 0 Å². The van der Waals surface area contributed by atoms with E-state index in [9.17, 15) is 4.79 Å². The average molecular weight is 470 g/mol. The molecule has 0 spiro atoms. The van der Waals surface area contributed by atoms with E-state index in [0.717, 1.165) is 15.9 Å². The van der Waals surface area contributed by atoms with Crippen molar-refractivity contribution in [3.05, 3.63) is 0 Å². The van der Waals surface area contributed by atoms with Gasteiger partial charge in [-0.3, -0.25) is 0 Å². The first-order valence-corrected chi connectivity index (χ1v) is 21.4. The third-order valence-electron chi connectivity index (χ3n) is 7.96. The number of carbonyl (C=O) groups is 1. The van der Waals surface area contributed by atoms with E-state index in [4.69, 9.17) is 4.74 Å². The number of methoxy groups -OCH3 is 1. The van der Waals surface area contributed by atoms with Crippen LogP contribution in [0.3, 0.4) is 0 Å². The predicted molar refractivity (Wildman–Crippen MR) is 111 cm³/mol. The van der Waals surface area contributed by atoms with E-state index in [1.54, 1.807) is 7.11 Å². The summed E-state index contributed by atoms with van der Waals surface area (Å²) in [6, 6.07) is 1.19. The van der Waals surface area contributed by atoms with E-state index in [2.05, 4.69) is 26.6 Å². The molecule has 0 aromatic rings. The molecule has 1 saturated carbocycles. The predicted octanol–water partition coefficient (Wildman–Crippen LogP) is 5.33. The van der Waals surface area contributed by atoms with Gasteiger partial charge < -0.3 is 0 Å². The second-order valence-corrected chi connectivity index (χ2v) is 26.2. The molecular formula is C22H41NO2Sn. The Morgan fingerprint density at radius 1 is 1.08 bits per heavy atom. The van der Waals surface area contributed by atoms with Crippen molar-refractivity contribution in [2.24, 2.45) is 17.8 Å². The Hall–Kier alpha value is 0.229. The van der Waals surface area contributed by atoms with E-state index in [0.29, 0.717) is 12.0 Å². The number of hydrogen-bond donors (Lipinski definition) is 0. The Bertz CT molecular complexity index is 481. The molecule has 2 aliphatic heterocycles. The topological polar surface area (TPSA) is 29.5 Å². The van der Waals surface area contributed by atoms with Crippen molar-refractivity contribution in [1.29, 1.82) is 0 Å². The molecule has 2 bridgehead atoms. The molecule has 3 rings (SSSR count). The summed E-state index contributed by atoms with van der Waals surface area (Å²) >= 11 is -1.76. The molecule has 2 heterocycles. The van der Waals surface area contributed by atoms with Crippen LogP contribution in [0.2, 0.25) is 18.8 Å². The van der Waals surface area contributed by atoms with Gasteiger partial charge in [0.25, 0.3) is 0 Å². The fourth-order valence-electron chi connectivity index (χ4n) is 6.41. The maximum atomic E-state index is 12.8. The van der Waals surface area contributed by atoms with Crippen LogP contribution in [0.25, 0.3) is 0 Å². The zero-order chi connectivity index (χ0) is 18.9. The van der Waals surface area contributed by atoms with Gasteiger partial charge in [-0.2, -0.15) is 0 Å². The third-order valence-corrected chi connectivity index (χ3v) is 16.6. The van der Waals surface area contributed by atoms with Gasteiger partial charge in [-0.05, 0) is 0 Å². The molecule has 0 aromatic heterocycles. The Kier molecular flexibility index (Phi) is 7.02. The molecule has 0 radical (unpaired) electrons. The minimum absolute atomic E-state index is 0.0824. The van der Waals surface area contributed by atoms with Gasteiger partial charge in [-0.15, -0.1) is 0 Å². The first kappa shape index (κ1) is 21.0. The molecule has 1 aliphatic carbocycles. The summed E-state index contributed by atoms with van der Waals surface area (Å²) in [7, 11) is 1.60. The molecule has 26 heavy (non-hydrogen) atoms. The quantitative estimate of drug-likeness (QED) is 0.389. The molecule has 4 atom stereocenters. The average Bonchev–Trinajstić information content (AvgIpc) is 2.89. The number of rotatable bonds is 6. The summed E-state index contributed by atoms with van der Waals surface area (Å²) in [6.45, 7) is 3.45. The summed E-state index contributed by atoms with van der Waals surface area (Å²) < 4.78 is 6.39. The van der Waals surface area contributed by atoms with Crippen molar-refractivity contribution in [2.75, 3.05) is 13.7 Å². The number of piperidine rings is 1. The maximum absolute atomic E-state index is 12.8. The molecule has 4 heteroatoms. The number of unbranched alkanes of at least 4 members (excludes halogenated alkanes) is 1. The van der Waals surface area contributed by atoms with E-state index >= 15 is 0 Å². The Labute approximate surface area is 165 Å². The number of hydrogen-bond acceptors (Lipinski definition) is 3. The fraction of sp³-hybridized carbons (Fsp3) is 0.955. The summed E-state index contributed by atoms with van der Waals surface area (Å²) in [4.78, 5) is 23.3. The summed E-state index contributed by atoms with van der Waals surface area (Å²) in [5.41, 5.74) is 0. The van der Waals surface area contributed by atoms with Crippen LogP contribution in [0.15, 0.2) is 0 Å². The Morgan fingerprint density at radius 2 is 1.77 bits per heavy atom. The number of fused-ring (bicyclic) bond motifs is 2. The molecule has 0 aromatic carbocycles. The van der Waals surface area contributed by atoms with Gasteiger partial charge in [0.2, 0.25) is 0 Å². The first-order chi connectivity index (χ1) is 12.4. The van der Waals surface area contributed by atoms with Gasteiger partial charge in [0.1, 0.15) is 0 Å². The van der Waals surface area contributed by atoms with Crippen molar-refractivity contribution in [3.8, 4) is 0 Å². The number of ether oxygens (including phenoxy) is 1. The standard InChI is InChI=1S/C19H32NO2.3CH3.Sn/c1-3-4-12-20-15-10-11-17(20)18(19(21)22-2)16(13-15)14-8-6-5-7-9-14;;;;/h5,14-18H,3-4,6-13H2,1-2H3;3*1H3;/t15-,16-,17?,18?;;;;/m1..../s1. The molecular weight excluding hydrogens is 429 g/mol. The minimum atomic E-state index is -1.76. The van der Waals surface area contributed by atoms with Gasteiger partial charge in [-0.1, -0.05) is 0 Å². The van der Waals surface area contributed by atoms with Gasteiger partial charge in [0.15, 0.2) is 0 Å². The van der Waals surface area contributed by atoms with Crippen molar-refractivity contribution >= 4 is 24.3 Å². The fourth-order valence-corrected chi connectivity index (χ4v) is 12.3. The Balaban J connectivity index is 1.72. The molecule has 3 fully saturated rings. The number of esters is 1. The summed E-state index contributed by atoms with van der Waals surface area (Å²) in [5, 5.41) is 0. The normalized spacial score (nSPS) is 38.3. The SMILES string of the molecule is CCCCN1C2CC[C@@H]1C[C@H](C1CC[CH]([Sn]([CH3])([CH3])[CH3])CC1)C2C(=O)OC. The van der Waals surface area contributed by atoms with E-state index in [1.165, 1.54) is 64.3 Å². The van der Waals surface area contributed by atoms with Gasteiger partial charge in [0.05, 0.1) is 0 Å². The molecule has 0 N–H and O–H groups in total. The second kappa shape index (κ2) is 8.71. The van der Waals surface area contributed by atoms with Crippen LogP contribution in [0, 0.1) is 17.8 Å². The van der Waals surface area contributed by atoms with Crippen molar-refractivity contribution in [1.82, 2.24) is 4.90 Å². The second-order valence-electron chi connectivity index (χ2n) is 10.3. The number of nitrogens with zero attached hydrogens (tertiary/aromatic N) is 1. The molecule has 3 aliphatic rings. The van der Waals surface area contributed by atoms with Crippen molar-refractivity contribution in [2.45, 2.75) is 95.5 Å². The first-order valence-electron chi connectivity index (χ1n) is 11.2. The Morgan fingerprint density at radius 3 is 2.35 bits per heavy atom. The van der Waals surface area contributed by atoms with E-state index < -0.39 is 18.4 Å². The molecule has 150 valence electrons. The molecule has 2 unspecified atom stereocenters. The van der Waals surface area contributed by atoms with E-state index in [1.807, 2.05) is 0 Å². The third kappa shape index (κ3) is 4.29. The van der Waals surface area contributed by atoms with Crippen LogP contribution in [0.4, 0.5) is 0 Å². The van der Waals surface area contributed by atoms with E-state index in [-0.39, 0.29) is 11.9 Å². The van der Waals surface area contributed by atoms with Crippen LogP contribution < -0.4 is 0 Å². The van der Waals surface area contributed by atoms with Crippen LogP contribution in [0.1, 0.15) is 64.7 Å². The van der Waals surface area contributed by atoms with Crippen molar-refractivity contribution in [3.63, 3.8) is 0 Å². The van der Waals surface area contributed by atoms with Gasteiger partial charge >= 0.3 is 166 Å². The van der Waals surface area contributed by atoms with Gasteiger partial charge in [0, 0.05) is 0 Å². The molecule has 0 amide bonds. The molecule has 3 nitrogen and oxygen atoms in total. The van der Waals surface area contributed by atoms with Crippen LogP contribution in [0.5, 0.6) is 0 Å². The van der Waals surface area contributed by atoms with Crippen LogP contribution >= 0.6 is 0 Å². The zero-order valence-electron chi connectivity index (χ0n) is 17.8. The van der Waals surface area contributed by atoms with Crippen LogP contribution in [-0.2, 0) is 9.53 Å². The molecule has 2 saturated heterocycles. The monoisotopic (exact) mass is 471 g/mol. The van der Waals surface area contributed by atoms with Crippen molar-refractivity contribution < 1.29 is 9.53 Å². The summed E-state index contributed by atoms with van der Waals surface area (Å²) in [6.07, 6.45) is 11.8. The summed E-state index contributed by atoms with van der Waals surface area (Å²) in [5.74, 6) is 1.56. The van der Waals surface area contributed by atoms with Crippen LogP contribution in [-0.4, -0.2) is 55.0 Å².